The number of likely N-dealkylation sites (N-methyl/N-ethyl adjacent to an activating group) is 1. The predicted octanol–water partition coefficient (Wildman–Crippen LogP) is -0.857. The molecule has 0 bridgehead atoms. The van der Waals surface area contributed by atoms with E-state index in [0.29, 0.717) is 6.42 Å². The summed E-state index contributed by atoms with van der Waals surface area (Å²) in [6.07, 6.45) is -4.00. The quantitative estimate of drug-likeness (QED) is 0.343. The molecule has 0 aliphatic carbocycles. The molecule has 27 heavy (non-hydrogen) atoms. The summed E-state index contributed by atoms with van der Waals surface area (Å²) in [4.78, 5) is 14.1. The second-order valence-corrected chi connectivity index (χ2v) is 8.27. The molecule has 2 rings (SSSR count). The first-order valence-corrected chi connectivity index (χ1v) is 10.6. The molecule has 158 valence electrons. The van der Waals surface area contributed by atoms with Crippen molar-refractivity contribution in [1.82, 2.24) is 10.2 Å². The van der Waals surface area contributed by atoms with E-state index in [1.807, 2.05) is 6.92 Å². The zero-order valence-electron chi connectivity index (χ0n) is 19.9. The summed E-state index contributed by atoms with van der Waals surface area (Å²) in [5.41, 5.74) is -0.911. The Bertz CT molecular complexity index is 628. The molecule has 2 fully saturated rings. The first-order valence-electron chi connectivity index (χ1n) is 11.3. The van der Waals surface area contributed by atoms with Gasteiger partial charge in [-0.2, -0.15) is 0 Å². The second-order valence-electron chi connectivity index (χ2n) is 7.33. The summed E-state index contributed by atoms with van der Waals surface area (Å²) in [6.45, 7) is 0.700. The number of nitrogens with zero attached hydrogens (tertiary/aromatic N) is 1. The highest BCUT2D eigenvalue weighted by Crippen LogP contribution is 2.30. The molecule has 0 spiro atoms. The molecule has 1 amide bonds. The molecule has 9 heteroatoms. The van der Waals surface area contributed by atoms with Crippen LogP contribution in [0.3, 0.4) is 0 Å². The van der Waals surface area contributed by atoms with Crippen LogP contribution in [0.2, 0.25) is 0 Å². The van der Waals surface area contributed by atoms with Crippen LogP contribution in [0.1, 0.15) is 38.6 Å². The Morgan fingerprint density at radius 1 is 1.41 bits per heavy atom. The third-order valence-corrected chi connectivity index (χ3v) is 6.07. The third kappa shape index (κ3) is 5.14. The van der Waals surface area contributed by atoms with Crippen molar-refractivity contribution in [2.45, 2.75) is 81.1 Å². The molecule has 2 heterocycles. The van der Waals surface area contributed by atoms with Gasteiger partial charge in [0.15, 0.2) is 0 Å². The highest BCUT2D eigenvalue weighted by Gasteiger charge is 2.48. The molecule has 0 radical (unpaired) electrons. The van der Waals surface area contributed by atoms with Gasteiger partial charge in [-0.25, -0.2) is 0 Å². The SMILES string of the molecule is [2H][C@@]1(C(=O)N[C@@H]([C@H]2O[C@H](SC)[C@H](O)[C@@H](O)[C@H]2O)[C@@H](C)O)C[C@@H](CCC)CN1[13C]([2H])([2H])[2H]. The molecule has 9 atom stereocenters. The average molecular weight is 412 g/mol. The van der Waals surface area contributed by atoms with Crippen LogP contribution in [0.5, 0.6) is 0 Å². The summed E-state index contributed by atoms with van der Waals surface area (Å²) in [5.74, 6) is -1.07. The summed E-state index contributed by atoms with van der Waals surface area (Å²) < 4.78 is 37.7. The Morgan fingerprint density at radius 3 is 2.67 bits per heavy atom. The molecule has 2 saturated heterocycles. The van der Waals surface area contributed by atoms with E-state index in [1.165, 1.54) is 6.92 Å². The Balaban J connectivity index is 2.28. The zero-order valence-corrected chi connectivity index (χ0v) is 16.7. The number of aliphatic hydroxyl groups is 4. The standard InChI is InChI=1S/C18H34N2O6S/c1-5-6-10-7-11(20(3)8-10)17(25)19-12(9(2)21)16-14(23)13(22)15(24)18(26-16)27-4/h9-16,18,21-24H,5-8H2,1-4H3,(H,19,25)/t9-,10-,11+,12-,13+,14-,15-,16-,18-/m1/s1/i3+1D3,11D. The molecule has 0 saturated carbocycles. The minimum Gasteiger partial charge on any atom is -0.391 e. The maximum atomic E-state index is 13.2. The van der Waals surface area contributed by atoms with Crippen molar-refractivity contribution in [3.05, 3.63) is 0 Å². The number of carbonyl (C=O) groups excluding carboxylic acids is 1. The lowest BCUT2D eigenvalue weighted by atomic mass is 9.92. The minimum absolute atomic E-state index is 0.0143. The number of aliphatic hydroxyl groups excluding tert-OH is 4. The number of likely N-dealkylation sites (tertiary alicyclic amines) is 1. The molecule has 0 aromatic heterocycles. The molecule has 0 unspecified atom stereocenters. The van der Waals surface area contributed by atoms with Crippen LogP contribution in [0.15, 0.2) is 0 Å². The molecule has 5 N–H and O–H groups in total. The van der Waals surface area contributed by atoms with Crippen molar-refractivity contribution in [3.63, 3.8) is 0 Å². The van der Waals surface area contributed by atoms with Crippen LogP contribution in [-0.4, -0.2) is 99.0 Å². The summed E-state index contributed by atoms with van der Waals surface area (Å²) in [7, 11) is 0. The maximum absolute atomic E-state index is 13.2. The number of hydrogen-bond donors (Lipinski definition) is 5. The van der Waals surface area contributed by atoms with Gasteiger partial charge in [0, 0.05) is 10.7 Å². The van der Waals surface area contributed by atoms with Gasteiger partial charge in [-0.1, -0.05) is 13.3 Å². The highest BCUT2D eigenvalue weighted by atomic mass is 32.2. The van der Waals surface area contributed by atoms with Crippen LogP contribution in [0.4, 0.5) is 0 Å². The molecular weight excluding hydrogens is 373 g/mol. The molecule has 0 aromatic carbocycles. The second kappa shape index (κ2) is 9.87. The predicted molar refractivity (Wildman–Crippen MR) is 103 cm³/mol. The van der Waals surface area contributed by atoms with Gasteiger partial charge in [0.25, 0.3) is 0 Å². The topological polar surface area (TPSA) is 122 Å². The van der Waals surface area contributed by atoms with Crippen molar-refractivity contribution in [2.75, 3.05) is 19.8 Å². The Labute approximate surface area is 170 Å². The summed E-state index contributed by atoms with van der Waals surface area (Å²) >= 11 is 1.09. The van der Waals surface area contributed by atoms with E-state index < -0.39 is 60.9 Å². The van der Waals surface area contributed by atoms with Gasteiger partial charge in [-0.05, 0) is 38.9 Å². The highest BCUT2D eigenvalue weighted by molar-refractivity contribution is 7.99. The number of amides is 1. The largest absolute Gasteiger partial charge is 0.391 e. The zero-order chi connectivity index (χ0) is 23.7. The van der Waals surface area contributed by atoms with Crippen LogP contribution >= 0.6 is 11.8 Å². The van der Waals surface area contributed by atoms with E-state index in [-0.39, 0.29) is 18.9 Å². The van der Waals surface area contributed by atoms with Crippen molar-refractivity contribution in [3.8, 4) is 0 Å². The molecule has 2 aliphatic heterocycles. The van der Waals surface area contributed by atoms with Crippen molar-refractivity contribution < 1.29 is 35.4 Å². The number of nitrogens with one attached hydrogen (secondary N) is 1. The number of rotatable bonds is 7. The Morgan fingerprint density at radius 2 is 2.11 bits per heavy atom. The van der Waals surface area contributed by atoms with Gasteiger partial charge in [0.05, 0.1) is 19.5 Å². The van der Waals surface area contributed by atoms with Crippen molar-refractivity contribution in [2.24, 2.45) is 5.92 Å². The first kappa shape index (κ1) is 17.4. The van der Waals surface area contributed by atoms with Gasteiger partial charge >= 0.3 is 0 Å². The lowest BCUT2D eigenvalue weighted by Crippen LogP contribution is -2.65. The average Bonchev–Trinajstić information content (AvgIpc) is 3.03. The van der Waals surface area contributed by atoms with E-state index >= 15 is 0 Å². The van der Waals surface area contributed by atoms with Gasteiger partial charge in [-0.15, -0.1) is 11.8 Å². The van der Waals surface area contributed by atoms with Gasteiger partial charge in [0.1, 0.15) is 29.9 Å². The van der Waals surface area contributed by atoms with E-state index in [0.717, 1.165) is 23.1 Å². The molecular formula is C18H34N2O6S. The summed E-state index contributed by atoms with van der Waals surface area (Å²) in [5, 5.41) is 43.4. The lowest BCUT2D eigenvalue weighted by molar-refractivity contribution is -0.211. The number of hydrogen-bond acceptors (Lipinski definition) is 8. The van der Waals surface area contributed by atoms with Crippen LogP contribution in [0.25, 0.3) is 0 Å². The fourth-order valence-corrected chi connectivity index (χ4v) is 4.39. The lowest BCUT2D eigenvalue weighted by Gasteiger charge is -2.44. The number of carbonyl (C=O) groups is 1. The van der Waals surface area contributed by atoms with Gasteiger partial charge in [-0.3, -0.25) is 9.69 Å². The first-order chi connectivity index (χ1) is 14.3. The van der Waals surface area contributed by atoms with Crippen molar-refractivity contribution in [1.29, 1.82) is 0 Å². The summed E-state index contributed by atoms with van der Waals surface area (Å²) in [6, 6.07) is -3.33. The molecule has 0 aromatic rings. The fraction of sp³-hybridized carbons (Fsp3) is 0.944. The monoisotopic (exact) mass is 411 g/mol. The number of ether oxygens (including phenoxy) is 1. The van der Waals surface area contributed by atoms with E-state index in [9.17, 15) is 25.2 Å². The van der Waals surface area contributed by atoms with E-state index in [1.54, 1.807) is 6.26 Å². The van der Waals surface area contributed by atoms with Crippen LogP contribution in [0, 0.1) is 5.92 Å². The van der Waals surface area contributed by atoms with Crippen molar-refractivity contribution >= 4 is 17.7 Å². The molecule has 2 aliphatic rings. The van der Waals surface area contributed by atoms with Gasteiger partial charge < -0.3 is 30.5 Å². The third-order valence-electron chi connectivity index (χ3n) is 5.22. The number of thioether (sulfide) groups is 1. The Kier molecular flexibility index (Phi) is 6.37. The normalized spacial score (nSPS) is 45.3. The van der Waals surface area contributed by atoms with E-state index in [4.69, 9.17) is 10.2 Å². The molecule has 8 nitrogen and oxygen atoms in total. The van der Waals surface area contributed by atoms with E-state index in [2.05, 4.69) is 5.32 Å². The Hall–Kier alpha value is -0.420. The minimum atomic E-state index is -2.66. The maximum Gasteiger partial charge on any atom is 0.237 e. The fourth-order valence-electron chi connectivity index (χ4n) is 3.71. The smallest absolute Gasteiger partial charge is 0.237 e. The van der Waals surface area contributed by atoms with Gasteiger partial charge in [0.2, 0.25) is 5.91 Å². The van der Waals surface area contributed by atoms with Crippen LogP contribution < -0.4 is 5.32 Å². The van der Waals surface area contributed by atoms with Crippen LogP contribution in [-0.2, 0) is 9.53 Å².